The molecule has 0 aliphatic heterocycles. The summed E-state index contributed by atoms with van der Waals surface area (Å²) in [6.07, 6.45) is 1.95. The number of hydrogen-bond acceptors (Lipinski definition) is 1. The van der Waals surface area contributed by atoms with Crippen LogP contribution < -0.4 is 0 Å². The summed E-state index contributed by atoms with van der Waals surface area (Å²) in [6.45, 7) is 1.96. The van der Waals surface area contributed by atoms with Crippen LogP contribution in [0.5, 0.6) is 0 Å². The van der Waals surface area contributed by atoms with Gasteiger partial charge in [-0.05, 0) is 30.9 Å². The van der Waals surface area contributed by atoms with Crippen LogP contribution in [0.3, 0.4) is 0 Å². The predicted octanol–water partition coefficient (Wildman–Crippen LogP) is 2.92. The van der Waals surface area contributed by atoms with Crippen molar-refractivity contribution in [3.63, 3.8) is 0 Å². The summed E-state index contributed by atoms with van der Waals surface area (Å²) >= 11 is 0. The maximum Gasteiger partial charge on any atom is 0.129 e. The first-order valence-corrected chi connectivity index (χ1v) is 5.22. The highest BCUT2D eigenvalue weighted by Crippen LogP contribution is 2.19. The van der Waals surface area contributed by atoms with Gasteiger partial charge in [0.2, 0.25) is 0 Å². The second-order valence-corrected chi connectivity index (χ2v) is 3.74. The molecule has 0 bridgehead atoms. The Balaban J connectivity index is 2.78. The molecule has 1 N–H and O–H groups in total. The van der Waals surface area contributed by atoms with E-state index in [-0.39, 0.29) is 24.5 Å². The molecule has 84 valence electrons. The third-order valence-electron chi connectivity index (χ3n) is 2.51. The number of aliphatic hydroxyl groups excluding tert-OH is 1. The molecule has 0 radical (unpaired) electrons. The average molecular weight is 214 g/mol. The van der Waals surface area contributed by atoms with Crippen LogP contribution >= 0.6 is 0 Å². The quantitative estimate of drug-likeness (QED) is 0.799. The summed E-state index contributed by atoms with van der Waals surface area (Å²) in [5, 5.41) is 9.06. The lowest BCUT2D eigenvalue weighted by molar-refractivity contribution is 0.215. The molecule has 0 aromatic heterocycles. The van der Waals surface area contributed by atoms with E-state index in [0.29, 0.717) is 0 Å². The molecule has 0 saturated heterocycles. The molecule has 0 aliphatic carbocycles. The van der Waals surface area contributed by atoms with E-state index in [1.807, 2.05) is 6.92 Å². The predicted molar refractivity (Wildman–Crippen MR) is 55.5 cm³/mol. The zero-order chi connectivity index (χ0) is 11.3. The highest BCUT2D eigenvalue weighted by molar-refractivity contribution is 5.20. The van der Waals surface area contributed by atoms with Crippen LogP contribution in [0.2, 0.25) is 0 Å². The maximum absolute atomic E-state index is 13.3. The van der Waals surface area contributed by atoms with Gasteiger partial charge in [0.15, 0.2) is 0 Å². The normalized spacial score (nSPS) is 12.8. The smallest absolute Gasteiger partial charge is 0.129 e. The molecule has 0 heterocycles. The Morgan fingerprint density at radius 3 is 2.33 bits per heavy atom. The summed E-state index contributed by atoms with van der Waals surface area (Å²) in [7, 11) is 0. The Bertz CT molecular complexity index is 292. The van der Waals surface area contributed by atoms with Crippen LogP contribution in [0.4, 0.5) is 8.78 Å². The van der Waals surface area contributed by atoms with Gasteiger partial charge in [-0.15, -0.1) is 0 Å². The number of rotatable bonds is 5. The number of benzene rings is 1. The Kier molecular flexibility index (Phi) is 4.69. The van der Waals surface area contributed by atoms with Crippen molar-refractivity contribution in [3.05, 3.63) is 35.4 Å². The minimum atomic E-state index is -0.524. The molecule has 1 nitrogen and oxygen atoms in total. The number of aliphatic hydroxyl groups is 1. The molecule has 1 aromatic rings. The van der Waals surface area contributed by atoms with Crippen molar-refractivity contribution in [2.75, 3.05) is 6.61 Å². The van der Waals surface area contributed by atoms with E-state index in [4.69, 9.17) is 5.11 Å². The summed E-state index contributed by atoms with van der Waals surface area (Å²) in [4.78, 5) is 0. The lowest BCUT2D eigenvalue weighted by atomic mass is 9.95. The summed E-state index contributed by atoms with van der Waals surface area (Å²) < 4.78 is 26.5. The second kappa shape index (κ2) is 5.81. The maximum atomic E-state index is 13.3. The van der Waals surface area contributed by atoms with Crippen molar-refractivity contribution in [2.45, 2.75) is 26.2 Å². The van der Waals surface area contributed by atoms with Crippen molar-refractivity contribution in [2.24, 2.45) is 5.92 Å². The molecule has 3 heteroatoms. The molecule has 0 amide bonds. The van der Waals surface area contributed by atoms with E-state index in [0.717, 1.165) is 12.8 Å². The third kappa shape index (κ3) is 3.27. The SMILES string of the molecule is CCCC(CO)Cc1c(F)cccc1F. The molecule has 1 unspecified atom stereocenters. The van der Waals surface area contributed by atoms with Crippen LogP contribution in [0.1, 0.15) is 25.3 Å². The zero-order valence-electron chi connectivity index (χ0n) is 8.84. The molecule has 1 atom stereocenters. The number of halogens is 2. The lowest BCUT2D eigenvalue weighted by Crippen LogP contribution is -2.11. The minimum absolute atomic E-state index is 0.0262. The highest BCUT2D eigenvalue weighted by atomic mass is 19.1. The van der Waals surface area contributed by atoms with Crippen molar-refractivity contribution in [1.82, 2.24) is 0 Å². The van der Waals surface area contributed by atoms with Crippen molar-refractivity contribution in [1.29, 1.82) is 0 Å². The molecule has 0 spiro atoms. The van der Waals surface area contributed by atoms with E-state index in [2.05, 4.69) is 0 Å². The highest BCUT2D eigenvalue weighted by Gasteiger charge is 2.14. The Morgan fingerprint density at radius 1 is 1.27 bits per heavy atom. The monoisotopic (exact) mass is 214 g/mol. The average Bonchev–Trinajstić information content (AvgIpc) is 2.22. The van der Waals surface area contributed by atoms with Crippen molar-refractivity contribution >= 4 is 0 Å². The van der Waals surface area contributed by atoms with Crippen LogP contribution in [0.15, 0.2) is 18.2 Å². The van der Waals surface area contributed by atoms with Gasteiger partial charge in [-0.2, -0.15) is 0 Å². The molecular weight excluding hydrogens is 198 g/mol. The van der Waals surface area contributed by atoms with Gasteiger partial charge < -0.3 is 5.11 Å². The van der Waals surface area contributed by atoms with Gasteiger partial charge in [0, 0.05) is 12.2 Å². The molecule has 1 rings (SSSR count). The molecule has 15 heavy (non-hydrogen) atoms. The molecule has 0 fully saturated rings. The van der Waals surface area contributed by atoms with E-state index >= 15 is 0 Å². The van der Waals surface area contributed by atoms with Gasteiger partial charge in [-0.25, -0.2) is 8.78 Å². The van der Waals surface area contributed by atoms with Crippen LogP contribution in [-0.4, -0.2) is 11.7 Å². The van der Waals surface area contributed by atoms with E-state index in [1.54, 1.807) is 0 Å². The molecule has 0 aliphatic rings. The fourth-order valence-corrected chi connectivity index (χ4v) is 1.68. The fourth-order valence-electron chi connectivity index (χ4n) is 1.68. The third-order valence-corrected chi connectivity index (χ3v) is 2.51. The van der Waals surface area contributed by atoms with Crippen LogP contribution in [-0.2, 0) is 6.42 Å². The lowest BCUT2D eigenvalue weighted by Gasteiger charge is -2.13. The first kappa shape index (κ1) is 12.1. The second-order valence-electron chi connectivity index (χ2n) is 3.74. The van der Waals surface area contributed by atoms with Crippen LogP contribution in [0, 0.1) is 17.6 Å². The summed E-state index contributed by atoms with van der Waals surface area (Å²) in [5.74, 6) is -1.10. The molecule has 0 saturated carbocycles. The zero-order valence-corrected chi connectivity index (χ0v) is 8.84. The Morgan fingerprint density at radius 2 is 1.87 bits per heavy atom. The fraction of sp³-hybridized carbons (Fsp3) is 0.500. The van der Waals surface area contributed by atoms with Crippen molar-refractivity contribution < 1.29 is 13.9 Å². The first-order chi connectivity index (χ1) is 7.19. The van der Waals surface area contributed by atoms with Crippen molar-refractivity contribution in [3.8, 4) is 0 Å². The van der Waals surface area contributed by atoms with Gasteiger partial charge in [0.1, 0.15) is 11.6 Å². The Hall–Kier alpha value is -0.960. The largest absolute Gasteiger partial charge is 0.396 e. The van der Waals surface area contributed by atoms with E-state index in [9.17, 15) is 8.78 Å². The van der Waals surface area contributed by atoms with Gasteiger partial charge in [0.05, 0.1) is 0 Å². The van der Waals surface area contributed by atoms with Gasteiger partial charge in [-0.3, -0.25) is 0 Å². The van der Waals surface area contributed by atoms with Gasteiger partial charge in [-0.1, -0.05) is 19.4 Å². The van der Waals surface area contributed by atoms with Crippen LogP contribution in [0.25, 0.3) is 0 Å². The summed E-state index contributed by atoms with van der Waals surface area (Å²) in [6, 6.07) is 3.85. The molecular formula is C12H16F2O. The van der Waals surface area contributed by atoms with E-state index < -0.39 is 11.6 Å². The van der Waals surface area contributed by atoms with Gasteiger partial charge >= 0.3 is 0 Å². The number of hydrogen-bond donors (Lipinski definition) is 1. The first-order valence-electron chi connectivity index (χ1n) is 5.22. The standard InChI is InChI=1S/C12H16F2O/c1-2-4-9(8-15)7-10-11(13)5-3-6-12(10)14/h3,5-6,9,15H,2,4,7-8H2,1H3. The topological polar surface area (TPSA) is 20.2 Å². The molecule has 1 aromatic carbocycles. The summed E-state index contributed by atoms with van der Waals surface area (Å²) in [5.41, 5.74) is 0.0880. The van der Waals surface area contributed by atoms with Gasteiger partial charge in [0.25, 0.3) is 0 Å². The minimum Gasteiger partial charge on any atom is -0.396 e. The van der Waals surface area contributed by atoms with E-state index in [1.165, 1.54) is 18.2 Å². The Labute approximate surface area is 88.7 Å².